The van der Waals surface area contributed by atoms with Crippen molar-refractivity contribution >= 4 is 46.4 Å². The summed E-state index contributed by atoms with van der Waals surface area (Å²) in [4.78, 5) is 25.5. The molecule has 0 atom stereocenters. The van der Waals surface area contributed by atoms with E-state index in [-0.39, 0.29) is 18.4 Å². The Balaban J connectivity index is 2.18. The number of benzene rings is 2. The van der Waals surface area contributed by atoms with Gasteiger partial charge in [0.1, 0.15) is 12.3 Å². The van der Waals surface area contributed by atoms with Gasteiger partial charge in [-0.25, -0.2) is 0 Å². The van der Waals surface area contributed by atoms with E-state index < -0.39 is 0 Å². The number of rotatable bonds is 5. The summed E-state index contributed by atoms with van der Waals surface area (Å²) in [6.45, 7) is 1.19. The molecule has 7 heteroatoms. The minimum absolute atomic E-state index is 0.177. The molecule has 0 aliphatic heterocycles. The average molecular weight is 367 g/mol. The molecule has 0 aliphatic rings. The molecule has 2 aromatic rings. The van der Waals surface area contributed by atoms with Crippen LogP contribution in [0, 0.1) is 0 Å². The Hall–Kier alpha value is -2.24. The fourth-order valence-electron chi connectivity index (χ4n) is 2.16. The Kier molecular flexibility index (Phi) is 6.06. The number of methoxy groups -OCH3 is 1. The number of nitrogens with zero attached hydrogens (tertiary/aromatic N) is 1. The van der Waals surface area contributed by atoms with E-state index in [0.29, 0.717) is 27.2 Å². The van der Waals surface area contributed by atoms with Crippen molar-refractivity contribution in [3.63, 3.8) is 0 Å². The van der Waals surface area contributed by atoms with Crippen LogP contribution in [-0.2, 0) is 9.59 Å². The van der Waals surface area contributed by atoms with Crippen molar-refractivity contribution in [3.8, 4) is 5.75 Å². The first-order valence-electron chi connectivity index (χ1n) is 7.07. The number of ether oxygens (including phenoxy) is 1. The van der Waals surface area contributed by atoms with Gasteiger partial charge in [0.2, 0.25) is 11.8 Å². The van der Waals surface area contributed by atoms with Gasteiger partial charge in [0, 0.05) is 22.7 Å². The van der Waals surface area contributed by atoms with Crippen LogP contribution in [0.5, 0.6) is 5.75 Å². The maximum Gasteiger partial charge on any atom is 0.244 e. The molecule has 0 aromatic heterocycles. The Bertz CT molecular complexity index is 745. The van der Waals surface area contributed by atoms with Crippen molar-refractivity contribution in [2.24, 2.45) is 0 Å². The van der Waals surface area contributed by atoms with E-state index in [9.17, 15) is 9.59 Å². The van der Waals surface area contributed by atoms with Crippen molar-refractivity contribution in [2.75, 3.05) is 23.9 Å². The fraction of sp³-hybridized carbons (Fsp3) is 0.176. The topological polar surface area (TPSA) is 58.6 Å². The van der Waals surface area contributed by atoms with Gasteiger partial charge in [-0.2, -0.15) is 0 Å². The van der Waals surface area contributed by atoms with E-state index in [1.165, 1.54) is 18.9 Å². The van der Waals surface area contributed by atoms with Crippen LogP contribution in [-0.4, -0.2) is 25.5 Å². The summed E-state index contributed by atoms with van der Waals surface area (Å²) in [5.74, 6) is -0.139. The Morgan fingerprint density at radius 2 is 1.75 bits per heavy atom. The van der Waals surface area contributed by atoms with E-state index in [0.717, 1.165) is 0 Å². The maximum absolute atomic E-state index is 12.3. The summed E-state index contributed by atoms with van der Waals surface area (Å²) >= 11 is 11.9. The minimum atomic E-state index is -0.370. The van der Waals surface area contributed by atoms with Crippen molar-refractivity contribution in [2.45, 2.75) is 6.92 Å². The summed E-state index contributed by atoms with van der Waals surface area (Å²) in [5, 5.41) is 3.49. The summed E-state index contributed by atoms with van der Waals surface area (Å²) in [5.41, 5.74) is 0.979. The summed E-state index contributed by atoms with van der Waals surface area (Å²) in [6.07, 6.45) is 0. The summed E-state index contributed by atoms with van der Waals surface area (Å²) in [7, 11) is 1.51. The zero-order valence-corrected chi connectivity index (χ0v) is 14.7. The van der Waals surface area contributed by atoms with Crippen LogP contribution in [0.3, 0.4) is 0 Å². The molecular formula is C17H16Cl2N2O3. The number of anilines is 2. The Morgan fingerprint density at radius 3 is 2.33 bits per heavy atom. The van der Waals surface area contributed by atoms with E-state index in [2.05, 4.69) is 5.32 Å². The van der Waals surface area contributed by atoms with Gasteiger partial charge in [0.15, 0.2) is 0 Å². The zero-order valence-electron chi connectivity index (χ0n) is 13.2. The van der Waals surface area contributed by atoms with Gasteiger partial charge in [0.25, 0.3) is 0 Å². The van der Waals surface area contributed by atoms with Crippen LogP contribution in [0.25, 0.3) is 0 Å². The predicted molar refractivity (Wildman–Crippen MR) is 96.1 cm³/mol. The molecule has 0 saturated carbocycles. The van der Waals surface area contributed by atoms with Crippen LogP contribution in [0.15, 0.2) is 42.5 Å². The molecule has 2 amide bonds. The number of carbonyl (C=O) groups is 2. The lowest BCUT2D eigenvalue weighted by Gasteiger charge is -2.21. The van der Waals surface area contributed by atoms with Crippen molar-refractivity contribution in [1.29, 1.82) is 0 Å². The van der Waals surface area contributed by atoms with E-state index in [4.69, 9.17) is 27.9 Å². The molecule has 24 heavy (non-hydrogen) atoms. The largest absolute Gasteiger partial charge is 0.495 e. The highest BCUT2D eigenvalue weighted by Crippen LogP contribution is 2.26. The molecule has 0 aliphatic carbocycles. The van der Waals surface area contributed by atoms with Crippen LogP contribution < -0.4 is 15.0 Å². The highest BCUT2D eigenvalue weighted by molar-refractivity contribution is 6.35. The van der Waals surface area contributed by atoms with Gasteiger partial charge in [-0.3, -0.25) is 9.59 Å². The van der Waals surface area contributed by atoms with Gasteiger partial charge in [-0.05, 0) is 30.3 Å². The zero-order chi connectivity index (χ0) is 17.7. The highest BCUT2D eigenvalue weighted by atomic mass is 35.5. The van der Waals surface area contributed by atoms with Crippen molar-refractivity contribution < 1.29 is 14.3 Å². The lowest BCUT2D eigenvalue weighted by Crippen LogP contribution is -2.36. The molecule has 1 N–H and O–H groups in total. The van der Waals surface area contributed by atoms with Gasteiger partial charge in [0.05, 0.1) is 12.8 Å². The monoisotopic (exact) mass is 366 g/mol. The van der Waals surface area contributed by atoms with E-state index in [1.54, 1.807) is 42.5 Å². The molecular weight excluding hydrogens is 351 g/mol. The van der Waals surface area contributed by atoms with E-state index in [1.807, 2.05) is 0 Å². The second-order valence-electron chi connectivity index (χ2n) is 4.98. The first-order chi connectivity index (χ1) is 11.4. The smallest absolute Gasteiger partial charge is 0.244 e. The number of carbonyl (C=O) groups excluding carboxylic acids is 2. The second-order valence-corrected chi connectivity index (χ2v) is 5.85. The molecule has 0 fully saturated rings. The predicted octanol–water partition coefficient (Wildman–Crippen LogP) is 3.99. The molecule has 2 rings (SSSR count). The molecule has 126 valence electrons. The normalized spacial score (nSPS) is 10.2. The number of para-hydroxylation sites is 2. The Morgan fingerprint density at radius 1 is 1.12 bits per heavy atom. The minimum Gasteiger partial charge on any atom is -0.495 e. The number of hydrogen-bond donors (Lipinski definition) is 1. The summed E-state index contributed by atoms with van der Waals surface area (Å²) < 4.78 is 5.18. The molecule has 0 bridgehead atoms. The number of amides is 2. The molecule has 0 heterocycles. The van der Waals surface area contributed by atoms with Gasteiger partial charge >= 0.3 is 0 Å². The number of halogens is 2. The Labute approximate surface area is 150 Å². The van der Waals surface area contributed by atoms with E-state index >= 15 is 0 Å². The van der Waals surface area contributed by atoms with Crippen molar-refractivity contribution in [1.82, 2.24) is 0 Å². The first-order valence-corrected chi connectivity index (χ1v) is 7.83. The quantitative estimate of drug-likeness (QED) is 0.869. The summed E-state index contributed by atoms with van der Waals surface area (Å²) in [6, 6.07) is 11.7. The third kappa shape index (κ3) is 4.63. The molecule has 0 radical (unpaired) electrons. The fourth-order valence-corrected chi connectivity index (χ4v) is 2.68. The standard InChI is InChI=1S/C17H16Cl2N2O3/c1-11(22)21(14-8-12(18)7-13(19)9-14)10-17(23)20-15-5-3-4-6-16(15)24-2/h3-9H,10H2,1-2H3,(H,20,23). The van der Waals surface area contributed by atoms with Crippen molar-refractivity contribution in [3.05, 3.63) is 52.5 Å². The van der Waals surface area contributed by atoms with Crippen LogP contribution in [0.1, 0.15) is 6.92 Å². The lowest BCUT2D eigenvalue weighted by molar-refractivity contribution is -0.120. The molecule has 2 aromatic carbocycles. The van der Waals surface area contributed by atoms with Gasteiger partial charge in [-0.15, -0.1) is 0 Å². The third-order valence-corrected chi connectivity index (χ3v) is 3.66. The average Bonchev–Trinajstić information content (AvgIpc) is 2.52. The maximum atomic E-state index is 12.3. The number of hydrogen-bond acceptors (Lipinski definition) is 3. The SMILES string of the molecule is COc1ccccc1NC(=O)CN(C(C)=O)c1cc(Cl)cc(Cl)c1. The lowest BCUT2D eigenvalue weighted by atomic mass is 10.2. The molecule has 5 nitrogen and oxygen atoms in total. The molecule has 0 saturated heterocycles. The van der Waals surface area contributed by atoms with Crippen LogP contribution >= 0.6 is 23.2 Å². The molecule has 0 spiro atoms. The third-order valence-electron chi connectivity index (χ3n) is 3.22. The number of nitrogens with one attached hydrogen (secondary N) is 1. The second kappa shape index (κ2) is 8.04. The molecule has 0 unspecified atom stereocenters. The van der Waals surface area contributed by atoms with Crippen LogP contribution in [0.4, 0.5) is 11.4 Å². The van der Waals surface area contributed by atoms with Gasteiger partial charge in [-0.1, -0.05) is 35.3 Å². The first kappa shape index (κ1) is 18.1. The van der Waals surface area contributed by atoms with Gasteiger partial charge < -0.3 is 15.0 Å². The van der Waals surface area contributed by atoms with Crippen LogP contribution in [0.2, 0.25) is 10.0 Å². The highest BCUT2D eigenvalue weighted by Gasteiger charge is 2.18.